The normalized spacial score (nSPS) is 11.3. The van der Waals surface area contributed by atoms with Crippen LogP contribution in [0.4, 0.5) is 0 Å². The van der Waals surface area contributed by atoms with E-state index in [4.69, 9.17) is 4.74 Å². The average Bonchev–Trinajstić information content (AvgIpc) is 2.74. The SMILES string of the molecule is O=C(CNS(=O)(=O)c1ccccc1)NN=Cc1cccc(Oc2ccccc2)c1. The summed E-state index contributed by atoms with van der Waals surface area (Å²) >= 11 is 0. The summed E-state index contributed by atoms with van der Waals surface area (Å²) in [4.78, 5) is 11.9. The van der Waals surface area contributed by atoms with Crippen LogP contribution in [0.3, 0.4) is 0 Å². The van der Waals surface area contributed by atoms with Gasteiger partial charge in [0.2, 0.25) is 10.0 Å². The van der Waals surface area contributed by atoms with Gasteiger partial charge in [-0.15, -0.1) is 0 Å². The molecule has 0 aliphatic rings. The number of carbonyl (C=O) groups is 1. The summed E-state index contributed by atoms with van der Waals surface area (Å²) in [6.07, 6.45) is 1.45. The lowest BCUT2D eigenvalue weighted by molar-refractivity contribution is -0.119. The smallest absolute Gasteiger partial charge is 0.255 e. The minimum absolute atomic E-state index is 0.0894. The van der Waals surface area contributed by atoms with E-state index in [-0.39, 0.29) is 4.90 Å². The van der Waals surface area contributed by atoms with Crippen LogP contribution in [-0.4, -0.2) is 27.1 Å². The minimum atomic E-state index is -3.75. The summed E-state index contributed by atoms with van der Waals surface area (Å²) in [7, 11) is -3.75. The maximum atomic E-state index is 12.1. The van der Waals surface area contributed by atoms with Gasteiger partial charge in [-0.2, -0.15) is 5.10 Å². The van der Waals surface area contributed by atoms with E-state index in [1.54, 1.807) is 42.5 Å². The van der Waals surface area contributed by atoms with Crippen LogP contribution in [0.25, 0.3) is 0 Å². The maximum Gasteiger partial charge on any atom is 0.255 e. The topological polar surface area (TPSA) is 96.9 Å². The third kappa shape index (κ3) is 6.27. The number of amides is 1. The molecular formula is C21H19N3O4S. The van der Waals surface area contributed by atoms with E-state index in [0.29, 0.717) is 17.1 Å². The van der Waals surface area contributed by atoms with Gasteiger partial charge >= 0.3 is 0 Å². The van der Waals surface area contributed by atoms with Crippen LogP contribution in [0.1, 0.15) is 5.56 Å². The quantitative estimate of drug-likeness (QED) is 0.442. The third-order valence-corrected chi connectivity index (χ3v) is 5.13. The van der Waals surface area contributed by atoms with Gasteiger partial charge < -0.3 is 4.74 Å². The Morgan fingerprint density at radius 1 is 0.897 bits per heavy atom. The van der Waals surface area contributed by atoms with Gasteiger partial charge in [-0.05, 0) is 42.0 Å². The van der Waals surface area contributed by atoms with Crippen LogP contribution in [0.2, 0.25) is 0 Å². The molecule has 0 unspecified atom stereocenters. The Labute approximate surface area is 169 Å². The lowest BCUT2D eigenvalue weighted by Gasteiger charge is -2.06. The Hall–Kier alpha value is -3.49. The first-order chi connectivity index (χ1) is 14.0. The second-order valence-corrected chi connectivity index (χ2v) is 7.69. The predicted octanol–water partition coefficient (Wildman–Crippen LogP) is 2.91. The maximum absolute atomic E-state index is 12.1. The van der Waals surface area contributed by atoms with Crippen molar-refractivity contribution in [2.24, 2.45) is 5.10 Å². The number of para-hydroxylation sites is 1. The fourth-order valence-electron chi connectivity index (χ4n) is 2.34. The molecule has 1 amide bonds. The van der Waals surface area contributed by atoms with E-state index >= 15 is 0 Å². The van der Waals surface area contributed by atoms with Gasteiger partial charge in [0, 0.05) is 0 Å². The van der Waals surface area contributed by atoms with Crippen molar-refractivity contribution in [2.45, 2.75) is 4.90 Å². The van der Waals surface area contributed by atoms with Gasteiger partial charge in [0.05, 0.1) is 17.7 Å². The molecule has 0 aliphatic heterocycles. The van der Waals surface area contributed by atoms with Crippen molar-refractivity contribution in [1.29, 1.82) is 0 Å². The van der Waals surface area contributed by atoms with Crippen LogP contribution in [-0.2, 0) is 14.8 Å². The Kier molecular flexibility index (Phi) is 6.72. The predicted molar refractivity (Wildman–Crippen MR) is 110 cm³/mol. The molecule has 0 radical (unpaired) electrons. The number of benzene rings is 3. The highest BCUT2D eigenvalue weighted by atomic mass is 32.2. The molecule has 0 bridgehead atoms. The van der Waals surface area contributed by atoms with E-state index in [9.17, 15) is 13.2 Å². The molecule has 29 heavy (non-hydrogen) atoms. The molecule has 0 spiro atoms. The summed E-state index contributed by atoms with van der Waals surface area (Å²) < 4.78 is 32.1. The largest absolute Gasteiger partial charge is 0.457 e. The monoisotopic (exact) mass is 409 g/mol. The van der Waals surface area contributed by atoms with Crippen LogP contribution in [0.5, 0.6) is 11.5 Å². The number of sulfonamides is 1. The number of hydrogen-bond acceptors (Lipinski definition) is 5. The summed E-state index contributed by atoms with van der Waals surface area (Å²) in [6.45, 7) is -0.425. The molecule has 3 rings (SSSR count). The molecule has 0 saturated heterocycles. The van der Waals surface area contributed by atoms with E-state index in [1.165, 1.54) is 18.3 Å². The number of rotatable bonds is 8. The minimum Gasteiger partial charge on any atom is -0.457 e. The van der Waals surface area contributed by atoms with Crippen molar-refractivity contribution < 1.29 is 17.9 Å². The van der Waals surface area contributed by atoms with E-state index in [0.717, 1.165) is 0 Å². The number of ether oxygens (including phenoxy) is 1. The first kappa shape index (κ1) is 20.2. The van der Waals surface area contributed by atoms with Gasteiger partial charge in [-0.3, -0.25) is 4.79 Å². The fourth-order valence-corrected chi connectivity index (χ4v) is 3.35. The number of nitrogens with zero attached hydrogens (tertiary/aromatic N) is 1. The van der Waals surface area contributed by atoms with Crippen LogP contribution >= 0.6 is 0 Å². The molecular weight excluding hydrogens is 390 g/mol. The first-order valence-electron chi connectivity index (χ1n) is 8.72. The standard InChI is InChI=1S/C21H19N3O4S/c25-21(16-23-29(26,27)20-12-5-2-6-13-20)24-22-15-17-8-7-11-19(14-17)28-18-9-3-1-4-10-18/h1-15,23H,16H2,(H,24,25). The van der Waals surface area contributed by atoms with Crippen molar-refractivity contribution in [3.63, 3.8) is 0 Å². The van der Waals surface area contributed by atoms with Crippen molar-refractivity contribution in [2.75, 3.05) is 6.54 Å². The first-order valence-corrected chi connectivity index (χ1v) is 10.2. The molecule has 3 aromatic rings. The summed E-state index contributed by atoms with van der Waals surface area (Å²) in [5.74, 6) is 0.750. The van der Waals surface area contributed by atoms with Crippen LogP contribution in [0, 0.1) is 0 Å². The molecule has 148 valence electrons. The Morgan fingerprint density at radius 3 is 2.28 bits per heavy atom. The van der Waals surface area contributed by atoms with Crippen LogP contribution in [0.15, 0.2) is 94.9 Å². The average molecular weight is 409 g/mol. The molecule has 2 N–H and O–H groups in total. The number of hydrazone groups is 1. The Bertz CT molecular complexity index is 1090. The number of hydrogen-bond donors (Lipinski definition) is 2. The van der Waals surface area contributed by atoms with E-state index in [1.807, 2.05) is 30.3 Å². The zero-order valence-electron chi connectivity index (χ0n) is 15.4. The number of nitrogens with one attached hydrogen (secondary N) is 2. The molecule has 0 saturated carbocycles. The highest BCUT2D eigenvalue weighted by Gasteiger charge is 2.14. The molecule has 8 heteroatoms. The van der Waals surface area contributed by atoms with Gasteiger partial charge in [0.15, 0.2) is 0 Å². The molecule has 0 aromatic heterocycles. The van der Waals surface area contributed by atoms with Crippen molar-refractivity contribution in [3.05, 3.63) is 90.5 Å². The molecule has 0 fully saturated rings. The second-order valence-electron chi connectivity index (χ2n) is 5.92. The third-order valence-electron chi connectivity index (χ3n) is 3.72. The summed E-state index contributed by atoms with van der Waals surface area (Å²) in [5.41, 5.74) is 3.00. The zero-order valence-corrected chi connectivity index (χ0v) is 16.2. The van der Waals surface area contributed by atoms with Crippen molar-refractivity contribution >= 4 is 22.1 Å². The fraction of sp³-hybridized carbons (Fsp3) is 0.0476. The lowest BCUT2D eigenvalue weighted by atomic mass is 10.2. The Balaban J connectivity index is 1.52. The highest BCUT2D eigenvalue weighted by Crippen LogP contribution is 2.21. The molecule has 0 atom stereocenters. The summed E-state index contributed by atoms with van der Waals surface area (Å²) in [5, 5.41) is 3.85. The molecule has 0 aliphatic carbocycles. The van der Waals surface area contributed by atoms with Gasteiger partial charge in [0.1, 0.15) is 11.5 Å². The van der Waals surface area contributed by atoms with Gasteiger partial charge in [-0.25, -0.2) is 18.6 Å². The molecule has 0 heterocycles. The lowest BCUT2D eigenvalue weighted by Crippen LogP contribution is -2.34. The zero-order chi connectivity index (χ0) is 20.5. The Morgan fingerprint density at radius 2 is 1.55 bits per heavy atom. The highest BCUT2D eigenvalue weighted by molar-refractivity contribution is 7.89. The van der Waals surface area contributed by atoms with E-state index in [2.05, 4.69) is 15.2 Å². The molecule has 7 nitrogen and oxygen atoms in total. The number of carbonyl (C=O) groups excluding carboxylic acids is 1. The van der Waals surface area contributed by atoms with Gasteiger partial charge in [0.25, 0.3) is 5.91 Å². The van der Waals surface area contributed by atoms with Gasteiger partial charge in [-0.1, -0.05) is 48.5 Å². The van der Waals surface area contributed by atoms with Crippen LogP contribution < -0.4 is 14.9 Å². The van der Waals surface area contributed by atoms with Crippen molar-refractivity contribution in [3.8, 4) is 11.5 Å². The summed E-state index contributed by atoms with van der Waals surface area (Å²) in [6, 6.07) is 24.3. The second kappa shape index (κ2) is 9.63. The molecule has 3 aromatic carbocycles. The van der Waals surface area contributed by atoms with E-state index < -0.39 is 22.5 Å². The van der Waals surface area contributed by atoms with Crippen molar-refractivity contribution in [1.82, 2.24) is 10.1 Å².